The molecule has 1 rings (SSSR count). The number of nitro groups is 1. The van der Waals surface area contributed by atoms with E-state index in [-0.39, 0.29) is 17.6 Å². The highest BCUT2D eigenvalue weighted by atomic mass is 16.6. The van der Waals surface area contributed by atoms with Crippen molar-refractivity contribution in [3.8, 4) is 0 Å². The molecule has 1 atom stereocenters. The summed E-state index contributed by atoms with van der Waals surface area (Å²) in [4.78, 5) is 21.9. The van der Waals surface area contributed by atoms with Crippen molar-refractivity contribution < 1.29 is 9.72 Å². The van der Waals surface area contributed by atoms with E-state index in [9.17, 15) is 14.9 Å². The van der Waals surface area contributed by atoms with E-state index in [0.29, 0.717) is 12.5 Å². The van der Waals surface area contributed by atoms with Crippen LogP contribution in [-0.4, -0.2) is 23.4 Å². The van der Waals surface area contributed by atoms with E-state index in [1.807, 2.05) is 0 Å². The van der Waals surface area contributed by atoms with Gasteiger partial charge in [0.15, 0.2) is 0 Å². The first-order chi connectivity index (χ1) is 9.92. The predicted molar refractivity (Wildman–Crippen MR) is 82.6 cm³/mol. The lowest BCUT2D eigenvalue weighted by Crippen LogP contribution is -2.40. The number of nitrogens with zero attached hydrogens (tertiary/aromatic N) is 1. The smallest absolute Gasteiger partial charge is 0.269 e. The Morgan fingerprint density at radius 1 is 1.38 bits per heavy atom. The van der Waals surface area contributed by atoms with Crippen LogP contribution < -0.4 is 11.1 Å². The summed E-state index contributed by atoms with van der Waals surface area (Å²) in [5.74, 6) is 0.238. The third-order valence-corrected chi connectivity index (χ3v) is 2.92. The highest BCUT2D eigenvalue weighted by molar-refractivity contribution is 5.91. The second-order valence-electron chi connectivity index (χ2n) is 5.25. The van der Waals surface area contributed by atoms with E-state index in [2.05, 4.69) is 19.2 Å². The van der Waals surface area contributed by atoms with Gasteiger partial charge in [0, 0.05) is 30.8 Å². The molecule has 0 aliphatic carbocycles. The lowest BCUT2D eigenvalue weighted by atomic mass is 10.0. The Balaban J connectivity index is 2.58. The Morgan fingerprint density at radius 3 is 2.48 bits per heavy atom. The Hall–Kier alpha value is -2.21. The summed E-state index contributed by atoms with van der Waals surface area (Å²) in [5, 5.41) is 13.4. The molecule has 0 saturated heterocycles. The first-order valence-electron chi connectivity index (χ1n) is 6.85. The quantitative estimate of drug-likeness (QED) is 0.456. The molecule has 1 aromatic rings. The molecule has 21 heavy (non-hydrogen) atoms. The zero-order valence-corrected chi connectivity index (χ0v) is 12.3. The van der Waals surface area contributed by atoms with Gasteiger partial charge in [-0.15, -0.1) is 0 Å². The number of nitrogens with two attached hydrogens (primary N) is 1. The SMILES string of the molecule is CC(C)CC(CN)NC(=O)C=Cc1ccc([N+](=O)[O-])cc1. The molecule has 0 aliphatic rings. The maximum Gasteiger partial charge on any atom is 0.269 e. The van der Waals surface area contributed by atoms with Gasteiger partial charge in [0.2, 0.25) is 5.91 Å². The molecule has 0 heterocycles. The van der Waals surface area contributed by atoms with Crippen LogP contribution in [0.2, 0.25) is 0 Å². The summed E-state index contributed by atoms with van der Waals surface area (Å²) in [6.07, 6.45) is 3.85. The number of rotatable bonds is 7. The number of nitrogens with one attached hydrogen (secondary N) is 1. The normalized spacial score (nSPS) is 12.6. The van der Waals surface area contributed by atoms with Crippen LogP contribution in [0.3, 0.4) is 0 Å². The molecule has 0 radical (unpaired) electrons. The Labute approximate surface area is 124 Å². The zero-order chi connectivity index (χ0) is 15.8. The Kier molecular flexibility index (Phi) is 6.55. The van der Waals surface area contributed by atoms with Gasteiger partial charge in [-0.05, 0) is 36.1 Å². The molecule has 3 N–H and O–H groups in total. The highest BCUT2D eigenvalue weighted by Gasteiger charge is 2.10. The summed E-state index contributed by atoms with van der Waals surface area (Å²) in [6.45, 7) is 4.54. The third-order valence-electron chi connectivity index (χ3n) is 2.92. The van der Waals surface area contributed by atoms with E-state index < -0.39 is 4.92 Å². The van der Waals surface area contributed by atoms with Crippen LogP contribution in [0.15, 0.2) is 30.3 Å². The molecular formula is C15H21N3O3. The number of amides is 1. The average Bonchev–Trinajstić information content (AvgIpc) is 2.44. The molecule has 6 nitrogen and oxygen atoms in total. The summed E-state index contributed by atoms with van der Waals surface area (Å²) in [5.41, 5.74) is 6.37. The second kappa shape index (κ2) is 8.16. The minimum absolute atomic E-state index is 0.0248. The fourth-order valence-electron chi connectivity index (χ4n) is 1.91. The van der Waals surface area contributed by atoms with Crippen LogP contribution in [0, 0.1) is 16.0 Å². The minimum Gasteiger partial charge on any atom is -0.349 e. The lowest BCUT2D eigenvalue weighted by Gasteiger charge is -2.17. The van der Waals surface area contributed by atoms with E-state index in [0.717, 1.165) is 12.0 Å². The minimum atomic E-state index is -0.460. The van der Waals surface area contributed by atoms with E-state index in [1.54, 1.807) is 18.2 Å². The molecule has 1 amide bonds. The molecule has 6 heteroatoms. The van der Waals surface area contributed by atoms with Crippen molar-refractivity contribution in [2.75, 3.05) is 6.54 Å². The second-order valence-corrected chi connectivity index (χ2v) is 5.25. The van der Waals surface area contributed by atoms with Crippen molar-refractivity contribution in [3.63, 3.8) is 0 Å². The van der Waals surface area contributed by atoms with E-state index >= 15 is 0 Å². The third kappa shape index (κ3) is 6.18. The van der Waals surface area contributed by atoms with Crippen LogP contribution in [0.4, 0.5) is 5.69 Å². The number of non-ortho nitro benzene ring substituents is 1. The molecular weight excluding hydrogens is 270 g/mol. The molecule has 1 aromatic carbocycles. The van der Waals surface area contributed by atoms with E-state index in [1.165, 1.54) is 18.2 Å². The molecule has 0 spiro atoms. The van der Waals surface area contributed by atoms with Crippen LogP contribution in [0.1, 0.15) is 25.8 Å². The number of carbonyl (C=O) groups excluding carboxylic acids is 1. The first-order valence-corrected chi connectivity index (χ1v) is 6.85. The first kappa shape index (κ1) is 16.8. The predicted octanol–water partition coefficient (Wildman–Crippen LogP) is 2.10. The van der Waals surface area contributed by atoms with Crippen molar-refractivity contribution in [1.82, 2.24) is 5.32 Å². The van der Waals surface area contributed by atoms with Gasteiger partial charge < -0.3 is 11.1 Å². The highest BCUT2D eigenvalue weighted by Crippen LogP contribution is 2.12. The molecule has 0 aromatic heterocycles. The van der Waals surface area contributed by atoms with Gasteiger partial charge in [-0.2, -0.15) is 0 Å². The number of nitro benzene ring substituents is 1. The van der Waals surface area contributed by atoms with Gasteiger partial charge in [-0.1, -0.05) is 13.8 Å². The van der Waals surface area contributed by atoms with Crippen molar-refractivity contribution in [2.24, 2.45) is 11.7 Å². The largest absolute Gasteiger partial charge is 0.349 e. The molecule has 0 aliphatic heterocycles. The van der Waals surface area contributed by atoms with Gasteiger partial charge in [0.25, 0.3) is 5.69 Å². The van der Waals surface area contributed by atoms with Crippen molar-refractivity contribution in [1.29, 1.82) is 0 Å². The summed E-state index contributed by atoms with van der Waals surface area (Å²) >= 11 is 0. The number of carbonyl (C=O) groups is 1. The van der Waals surface area contributed by atoms with Gasteiger partial charge >= 0.3 is 0 Å². The molecule has 114 valence electrons. The van der Waals surface area contributed by atoms with Crippen LogP contribution in [0.5, 0.6) is 0 Å². The lowest BCUT2D eigenvalue weighted by molar-refractivity contribution is -0.384. The van der Waals surface area contributed by atoms with Gasteiger partial charge in [0.05, 0.1) is 4.92 Å². The summed E-state index contributed by atoms with van der Waals surface area (Å²) in [7, 11) is 0. The average molecular weight is 291 g/mol. The molecule has 0 fully saturated rings. The van der Waals surface area contributed by atoms with Crippen LogP contribution in [-0.2, 0) is 4.79 Å². The standard InChI is InChI=1S/C15H21N3O3/c1-11(2)9-13(10-16)17-15(19)8-5-12-3-6-14(7-4-12)18(20)21/h3-8,11,13H,9-10,16H2,1-2H3,(H,17,19). The maximum atomic E-state index is 11.8. The maximum absolute atomic E-state index is 11.8. The molecule has 1 unspecified atom stereocenters. The number of hydrogen-bond acceptors (Lipinski definition) is 4. The van der Waals surface area contributed by atoms with Gasteiger partial charge in [-0.25, -0.2) is 0 Å². The topological polar surface area (TPSA) is 98.3 Å². The Morgan fingerprint density at radius 2 is 2.00 bits per heavy atom. The fraction of sp³-hybridized carbons (Fsp3) is 0.400. The molecule has 0 saturated carbocycles. The van der Waals surface area contributed by atoms with Crippen molar-refractivity contribution >= 4 is 17.7 Å². The zero-order valence-electron chi connectivity index (χ0n) is 12.3. The fourth-order valence-corrected chi connectivity index (χ4v) is 1.91. The number of hydrogen-bond donors (Lipinski definition) is 2. The van der Waals surface area contributed by atoms with Crippen LogP contribution in [0.25, 0.3) is 6.08 Å². The monoisotopic (exact) mass is 291 g/mol. The summed E-state index contributed by atoms with van der Waals surface area (Å²) < 4.78 is 0. The van der Waals surface area contributed by atoms with E-state index in [4.69, 9.17) is 5.73 Å². The van der Waals surface area contributed by atoms with Crippen molar-refractivity contribution in [2.45, 2.75) is 26.3 Å². The van der Waals surface area contributed by atoms with Gasteiger partial charge in [-0.3, -0.25) is 14.9 Å². The van der Waals surface area contributed by atoms with Crippen LogP contribution >= 0.6 is 0 Å². The van der Waals surface area contributed by atoms with Crippen molar-refractivity contribution in [3.05, 3.63) is 46.0 Å². The molecule has 0 bridgehead atoms. The summed E-state index contributed by atoms with van der Waals surface area (Å²) in [6, 6.07) is 5.95. The Bertz CT molecular complexity index is 509. The number of benzene rings is 1. The van der Waals surface area contributed by atoms with Gasteiger partial charge in [0.1, 0.15) is 0 Å².